The zero-order valence-corrected chi connectivity index (χ0v) is 6.00. The topological polar surface area (TPSA) is 41.1 Å². The van der Waals surface area contributed by atoms with Crippen molar-refractivity contribution >= 4 is 6.41 Å². The monoisotopic (exact) mass is 149 g/mol. The molecule has 1 aromatic carbocycles. The number of nitrogens with one attached hydrogen (secondary N) is 2. The van der Waals surface area contributed by atoms with Gasteiger partial charge in [0.05, 0.1) is 0 Å². The Hall–Kier alpha value is -1.35. The second kappa shape index (κ2) is 4.46. The second-order valence-corrected chi connectivity index (χ2v) is 2.02. The van der Waals surface area contributed by atoms with Crippen LogP contribution in [0.1, 0.15) is 5.56 Å². The van der Waals surface area contributed by atoms with Crippen LogP contribution in [0.5, 0.6) is 0 Å². The van der Waals surface area contributed by atoms with E-state index in [1.165, 1.54) is 0 Å². The summed E-state index contributed by atoms with van der Waals surface area (Å²) in [5.74, 6) is 0. The highest BCUT2D eigenvalue weighted by atomic mass is 16.1. The molecule has 0 aliphatic heterocycles. The predicted molar refractivity (Wildman–Crippen MR) is 41.3 cm³/mol. The van der Waals surface area contributed by atoms with Crippen LogP contribution in [0, 0.1) is 6.07 Å². The zero-order valence-electron chi connectivity index (χ0n) is 6.00. The standard InChI is InChI=1S/C8H9N2O/c11-7-10-9-6-8-4-2-1-3-5-8/h2-5,7,9H,6H2,(H,10,11). The van der Waals surface area contributed by atoms with Crippen LogP contribution >= 0.6 is 0 Å². The summed E-state index contributed by atoms with van der Waals surface area (Å²) < 4.78 is 0. The Labute approximate surface area is 65.4 Å². The Kier molecular flexibility index (Phi) is 3.15. The van der Waals surface area contributed by atoms with Crippen molar-refractivity contribution in [1.82, 2.24) is 10.9 Å². The lowest BCUT2D eigenvalue weighted by atomic mass is 10.2. The SMILES string of the molecule is O=CNNCc1cc[c]cc1. The number of hydrogen-bond acceptors (Lipinski definition) is 2. The molecule has 0 aliphatic rings. The minimum Gasteiger partial charge on any atom is -0.294 e. The Balaban J connectivity index is 2.33. The molecule has 0 aliphatic carbocycles. The van der Waals surface area contributed by atoms with Crippen molar-refractivity contribution in [3.63, 3.8) is 0 Å². The molecule has 0 atom stereocenters. The third-order valence-electron chi connectivity index (χ3n) is 1.24. The fourth-order valence-electron chi connectivity index (χ4n) is 0.734. The largest absolute Gasteiger partial charge is 0.294 e. The third-order valence-corrected chi connectivity index (χ3v) is 1.24. The highest BCUT2D eigenvalue weighted by Crippen LogP contribution is 1.95. The number of carbonyl (C=O) groups excluding carboxylic acids is 1. The van der Waals surface area contributed by atoms with E-state index in [0.29, 0.717) is 13.0 Å². The summed E-state index contributed by atoms with van der Waals surface area (Å²) >= 11 is 0. The van der Waals surface area contributed by atoms with Crippen LogP contribution in [0.15, 0.2) is 24.3 Å². The van der Waals surface area contributed by atoms with E-state index in [4.69, 9.17) is 0 Å². The summed E-state index contributed by atoms with van der Waals surface area (Å²) in [4.78, 5) is 9.82. The molecule has 3 heteroatoms. The van der Waals surface area contributed by atoms with E-state index in [-0.39, 0.29) is 0 Å². The number of rotatable bonds is 4. The van der Waals surface area contributed by atoms with E-state index >= 15 is 0 Å². The second-order valence-electron chi connectivity index (χ2n) is 2.02. The maximum atomic E-state index is 9.82. The molecule has 0 spiro atoms. The van der Waals surface area contributed by atoms with E-state index in [1.54, 1.807) is 0 Å². The van der Waals surface area contributed by atoms with Gasteiger partial charge in [0.15, 0.2) is 0 Å². The molecule has 0 heterocycles. The Bertz CT molecular complexity index is 211. The molecule has 0 bridgehead atoms. The molecule has 0 saturated carbocycles. The van der Waals surface area contributed by atoms with E-state index < -0.39 is 0 Å². The van der Waals surface area contributed by atoms with Gasteiger partial charge in [-0.25, -0.2) is 5.43 Å². The van der Waals surface area contributed by atoms with E-state index in [0.717, 1.165) is 5.56 Å². The van der Waals surface area contributed by atoms with Gasteiger partial charge < -0.3 is 0 Å². The summed E-state index contributed by atoms with van der Waals surface area (Å²) in [5.41, 5.74) is 6.18. The molecule has 0 unspecified atom stereocenters. The highest BCUT2D eigenvalue weighted by Gasteiger charge is 1.86. The maximum absolute atomic E-state index is 9.82. The van der Waals surface area contributed by atoms with Gasteiger partial charge in [-0.3, -0.25) is 10.2 Å². The Morgan fingerprint density at radius 3 is 2.82 bits per heavy atom. The van der Waals surface area contributed by atoms with Crippen LogP contribution in [0.2, 0.25) is 0 Å². The molecule has 2 N–H and O–H groups in total. The molecular weight excluding hydrogens is 140 g/mol. The molecular formula is C8H9N2O. The highest BCUT2D eigenvalue weighted by molar-refractivity contribution is 5.44. The van der Waals surface area contributed by atoms with Gasteiger partial charge in [0, 0.05) is 6.54 Å². The minimum absolute atomic E-state index is 0.606. The van der Waals surface area contributed by atoms with Crippen LogP contribution in [0.4, 0.5) is 0 Å². The first-order valence-electron chi connectivity index (χ1n) is 3.30. The van der Waals surface area contributed by atoms with Crippen molar-refractivity contribution in [3.05, 3.63) is 35.9 Å². The van der Waals surface area contributed by atoms with Crippen molar-refractivity contribution in [2.45, 2.75) is 6.54 Å². The van der Waals surface area contributed by atoms with E-state index in [1.807, 2.05) is 24.3 Å². The van der Waals surface area contributed by atoms with Gasteiger partial charge >= 0.3 is 0 Å². The molecule has 1 amide bonds. The van der Waals surface area contributed by atoms with Crippen molar-refractivity contribution < 1.29 is 4.79 Å². The molecule has 0 fully saturated rings. The number of hydrogen-bond donors (Lipinski definition) is 2. The van der Waals surface area contributed by atoms with Crippen LogP contribution in [-0.2, 0) is 11.3 Å². The summed E-state index contributed by atoms with van der Waals surface area (Å²) in [5, 5.41) is 0. The molecule has 11 heavy (non-hydrogen) atoms. The first kappa shape index (κ1) is 7.75. The number of benzene rings is 1. The van der Waals surface area contributed by atoms with Crippen LogP contribution in [0.3, 0.4) is 0 Å². The molecule has 57 valence electrons. The summed E-state index contributed by atoms with van der Waals surface area (Å²) in [6, 6.07) is 10.4. The van der Waals surface area contributed by atoms with Gasteiger partial charge in [-0.15, -0.1) is 0 Å². The van der Waals surface area contributed by atoms with E-state index in [2.05, 4.69) is 16.9 Å². The predicted octanol–water partition coefficient (Wildman–Crippen LogP) is 0.237. The van der Waals surface area contributed by atoms with Gasteiger partial charge in [0.1, 0.15) is 0 Å². The zero-order chi connectivity index (χ0) is 7.94. The van der Waals surface area contributed by atoms with Crippen LogP contribution < -0.4 is 10.9 Å². The number of hydrazine groups is 1. The fourth-order valence-corrected chi connectivity index (χ4v) is 0.734. The number of amides is 1. The number of carbonyl (C=O) groups is 1. The lowest BCUT2D eigenvalue weighted by molar-refractivity contribution is -0.110. The third kappa shape index (κ3) is 2.82. The average molecular weight is 149 g/mol. The lowest BCUT2D eigenvalue weighted by Crippen LogP contribution is -2.29. The quantitative estimate of drug-likeness (QED) is 0.365. The summed E-state index contributed by atoms with van der Waals surface area (Å²) in [7, 11) is 0. The van der Waals surface area contributed by atoms with Crippen molar-refractivity contribution in [2.24, 2.45) is 0 Å². The van der Waals surface area contributed by atoms with Crippen molar-refractivity contribution in [1.29, 1.82) is 0 Å². The molecule has 1 aromatic rings. The fraction of sp³-hybridized carbons (Fsp3) is 0.125. The smallest absolute Gasteiger partial charge is 0.221 e. The van der Waals surface area contributed by atoms with Crippen LogP contribution in [0.25, 0.3) is 0 Å². The van der Waals surface area contributed by atoms with Gasteiger partial charge in [-0.05, 0) is 11.6 Å². The molecule has 3 nitrogen and oxygen atoms in total. The molecule has 0 aromatic heterocycles. The molecule has 0 saturated heterocycles. The maximum Gasteiger partial charge on any atom is 0.221 e. The summed E-state index contributed by atoms with van der Waals surface area (Å²) in [6.07, 6.45) is 0.606. The first-order chi connectivity index (χ1) is 5.43. The van der Waals surface area contributed by atoms with Gasteiger partial charge in [-0.1, -0.05) is 24.3 Å². The van der Waals surface area contributed by atoms with Gasteiger partial charge in [0.2, 0.25) is 6.41 Å². The van der Waals surface area contributed by atoms with Crippen molar-refractivity contribution in [3.8, 4) is 0 Å². The lowest BCUT2D eigenvalue weighted by Gasteiger charge is -2.00. The first-order valence-corrected chi connectivity index (χ1v) is 3.30. The summed E-state index contributed by atoms with van der Waals surface area (Å²) in [6.45, 7) is 0.632. The van der Waals surface area contributed by atoms with Crippen LogP contribution in [-0.4, -0.2) is 6.41 Å². The van der Waals surface area contributed by atoms with Gasteiger partial charge in [0.25, 0.3) is 0 Å². The molecule has 1 radical (unpaired) electrons. The Morgan fingerprint density at radius 1 is 1.45 bits per heavy atom. The average Bonchev–Trinajstić information content (AvgIpc) is 2.07. The van der Waals surface area contributed by atoms with Gasteiger partial charge in [-0.2, -0.15) is 0 Å². The normalized spacial score (nSPS) is 9.09. The minimum atomic E-state index is 0.606. The van der Waals surface area contributed by atoms with Crippen molar-refractivity contribution in [2.75, 3.05) is 0 Å². The Morgan fingerprint density at radius 2 is 2.18 bits per heavy atom. The molecule has 1 rings (SSSR count). The van der Waals surface area contributed by atoms with E-state index in [9.17, 15) is 4.79 Å².